The molecule has 0 aromatic carbocycles. The Morgan fingerprint density at radius 2 is 2.27 bits per heavy atom. The van der Waals surface area contributed by atoms with E-state index in [-0.39, 0.29) is 12.0 Å². The van der Waals surface area contributed by atoms with Crippen molar-refractivity contribution < 1.29 is 14.6 Å². The number of carbonyl (C=O) groups is 1. The van der Waals surface area contributed by atoms with Crippen LogP contribution in [-0.4, -0.2) is 23.8 Å². The maximum atomic E-state index is 10.7. The lowest BCUT2D eigenvalue weighted by atomic mass is 9.82. The van der Waals surface area contributed by atoms with Crippen LogP contribution < -0.4 is 0 Å². The Kier molecular flexibility index (Phi) is 1.60. The molecule has 1 heterocycles. The third kappa shape index (κ3) is 1.13. The van der Waals surface area contributed by atoms with Crippen LogP contribution in [0.1, 0.15) is 19.3 Å². The third-order valence-corrected chi connectivity index (χ3v) is 2.76. The van der Waals surface area contributed by atoms with Gasteiger partial charge in [0.2, 0.25) is 0 Å². The Labute approximate surface area is 65.4 Å². The number of aliphatic carboxylic acids is 1. The smallest absolute Gasteiger partial charge is 0.309 e. The van der Waals surface area contributed by atoms with Gasteiger partial charge in [-0.3, -0.25) is 4.79 Å². The largest absolute Gasteiger partial charge is 0.481 e. The second-order valence-electron chi connectivity index (χ2n) is 3.50. The van der Waals surface area contributed by atoms with Gasteiger partial charge in [-0.2, -0.15) is 0 Å². The summed E-state index contributed by atoms with van der Waals surface area (Å²) in [4.78, 5) is 10.7. The fourth-order valence-corrected chi connectivity index (χ4v) is 2.09. The topological polar surface area (TPSA) is 46.5 Å². The molecule has 0 aromatic rings. The van der Waals surface area contributed by atoms with Gasteiger partial charge in [0.25, 0.3) is 0 Å². The van der Waals surface area contributed by atoms with Crippen molar-refractivity contribution in [1.82, 2.24) is 0 Å². The van der Waals surface area contributed by atoms with Crippen molar-refractivity contribution in [3.8, 4) is 0 Å². The van der Waals surface area contributed by atoms with Crippen LogP contribution in [0.15, 0.2) is 0 Å². The van der Waals surface area contributed by atoms with Crippen LogP contribution in [0.2, 0.25) is 0 Å². The number of carboxylic acid groups (broad SMARTS) is 1. The Morgan fingerprint density at radius 1 is 1.45 bits per heavy atom. The van der Waals surface area contributed by atoms with Gasteiger partial charge in [-0.1, -0.05) is 0 Å². The first kappa shape index (κ1) is 7.10. The first-order valence-corrected chi connectivity index (χ1v) is 4.12. The number of carboxylic acids is 1. The molecule has 2 rings (SSSR count). The maximum Gasteiger partial charge on any atom is 0.309 e. The predicted octanol–water partition coefficient (Wildman–Crippen LogP) is 0.886. The van der Waals surface area contributed by atoms with E-state index in [1.165, 1.54) is 0 Å². The molecule has 2 bridgehead atoms. The van der Waals surface area contributed by atoms with Crippen molar-refractivity contribution in [1.29, 1.82) is 0 Å². The highest BCUT2D eigenvalue weighted by Crippen LogP contribution is 2.36. The van der Waals surface area contributed by atoms with Crippen molar-refractivity contribution in [2.75, 3.05) is 6.61 Å². The molecule has 11 heavy (non-hydrogen) atoms. The summed E-state index contributed by atoms with van der Waals surface area (Å²) < 4.78 is 5.37. The second-order valence-corrected chi connectivity index (χ2v) is 3.50. The number of rotatable bonds is 1. The first-order chi connectivity index (χ1) is 5.27. The van der Waals surface area contributed by atoms with E-state index in [1.54, 1.807) is 0 Å². The summed E-state index contributed by atoms with van der Waals surface area (Å²) in [6.07, 6.45) is 2.83. The Bertz CT molecular complexity index is 178. The van der Waals surface area contributed by atoms with E-state index < -0.39 is 5.97 Å². The molecule has 0 spiro atoms. The molecular weight excluding hydrogens is 144 g/mol. The second kappa shape index (κ2) is 2.48. The van der Waals surface area contributed by atoms with Gasteiger partial charge in [0.05, 0.1) is 12.0 Å². The van der Waals surface area contributed by atoms with Gasteiger partial charge >= 0.3 is 5.97 Å². The molecule has 62 valence electrons. The van der Waals surface area contributed by atoms with Gasteiger partial charge in [-0.15, -0.1) is 0 Å². The van der Waals surface area contributed by atoms with E-state index in [1.807, 2.05) is 0 Å². The van der Waals surface area contributed by atoms with Crippen LogP contribution in [0, 0.1) is 11.8 Å². The summed E-state index contributed by atoms with van der Waals surface area (Å²) in [5, 5.41) is 8.78. The van der Waals surface area contributed by atoms with E-state index in [9.17, 15) is 4.79 Å². The van der Waals surface area contributed by atoms with E-state index >= 15 is 0 Å². The highest BCUT2D eigenvalue weighted by Gasteiger charge is 2.40. The zero-order chi connectivity index (χ0) is 7.84. The van der Waals surface area contributed by atoms with Crippen molar-refractivity contribution in [2.45, 2.75) is 25.4 Å². The Balaban J connectivity index is 2.07. The van der Waals surface area contributed by atoms with Crippen LogP contribution in [0.25, 0.3) is 0 Å². The van der Waals surface area contributed by atoms with Gasteiger partial charge < -0.3 is 9.84 Å². The molecule has 3 heteroatoms. The summed E-state index contributed by atoms with van der Waals surface area (Å²) in [6.45, 7) is 0.786. The van der Waals surface area contributed by atoms with Crippen LogP contribution in [0.5, 0.6) is 0 Å². The number of ether oxygens (including phenoxy) is 1. The van der Waals surface area contributed by atoms with Crippen LogP contribution in [0.4, 0.5) is 0 Å². The quantitative estimate of drug-likeness (QED) is 0.613. The molecule has 0 aromatic heterocycles. The van der Waals surface area contributed by atoms with Crippen molar-refractivity contribution in [3.05, 3.63) is 0 Å². The number of fused-ring (bicyclic) bond motifs is 2. The highest BCUT2D eigenvalue weighted by molar-refractivity contribution is 5.70. The number of hydrogen-bond donors (Lipinski definition) is 1. The Morgan fingerprint density at radius 3 is 3.00 bits per heavy atom. The van der Waals surface area contributed by atoms with Crippen molar-refractivity contribution in [3.63, 3.8) is 0 Å². The fraction of sp³-hybridized carbons (Fsp3) is 0.875. The molecule has 1 N–H and O–H groups in total. The van der Waals surface area contributed by atoms with Gasteiger partial charge in [0.15, 0.2) is 0 Å². The van der Waals surface area contributed by atoms with Crippen LogP contribution in [-0.2, 0) is 9.53 Å². The first-order valence-electron chi connectivity index (χ1n) is 4.12. The Hall–Kier alpha value is -0.570. The molecule has 1 saturated carbocycles. The molecule has 3 unspecified atom stereocenters. The summed E-state index contributed by atoms with van der Waals surface area (Å²) in [5.41, 5.74) is 0. The van der Waals surface area contributed by atoms with Gasteiger partial charge in [-0.05, 0) is 25.2 Å². The lowest BCUT2D eigenvalue weighted by molar-refractivity contribution is -0.146. The van der Waals surface area contributed by atoms with E-state index in [4.69, 9.17) is 9.84 Å². The molecule has 1 saturated heterocycles. The minimum Gasteiger partial charge on any atom is -0.481 e. The zero-order valence-electron chi connectivity index (χ0n) is 6.32. The van der Waals surface area contributed by atoms with Gasteiger partial charge in [0.1, 0.15) is 0 Å². The summed E-state index contributed by atoms with van der Waals surface area (Å²) in [5.74, 6) is -0.264. The third-order valence-electron chi connectivity index (χ3n) is 2.76. The summed E-state index contributed by atoms with van der Waals surface area (Å²) >= 11 is 0. The maximum absolute atomic E-state index is 10.7. The fourth-order valence-electron chi connectivity index (χ4n) is 2.09. The van der Waals surface area contributed by atoms with Gasteiger partial charge in [0, 0.05) is 6.61 Å². The van der Waals surface area contributed by atoms with Crippen LogP contribution in [0.3, 0.4) is 0 Å². The van der Waals surface area contributed by atoms with E-state index in [0.29, 0.717) is 5.92 Å². The van der Waals surface area contributed by atoms with Crippen molar-refractivity contribution >= 4 is 5.97 Å². The predicted molar refractivity (Wildman–Crippen MR) is 38.2 cm³/mol. The SMILES string of the molecule is O=C(O)C1CCC2COC1C2. The molecule has 0 amide bonds. The molecular formula is C8H12O3. The monoisotopic (exact) mass is 156 g/mol. The lowest BCUT2D eigenvalue weighted by Crippen LogP contribution is -2.30. The summed E-state index contributed by atoms with van der Waals surface area (Å²) in [6, 6.07) is 0. The molecule has 2 aliphatic rings. The number of hydrogen-bond acceptors (Lipinski definition) is 2. The lowest BCUT2D eigenvalue weighted by Gasteiger charge is -2.22. The average Bonchev–Trinajstić information content (AvgIpc) is 2.32. The van der Waals surface area contributed by atoms with Crippen molar-refractivity contribution in [2.24, 2.45) is 11.8 Å². The van der Waals surface area contributed by atoms with E-state index in [0.717, 1.165) is 25.9 Å². The highest BCUT2D eigenvalue weighted by atomic mass is 16.5. The molecule has 0 radical (unpaired) electrons. The summed E-state index contributed by atoms with van der Waals surface area (Å²) in [7, 11) is 0. The zero-order valence-corrected chi connectivity index (χ0v) is 6.32. The molecule has 1 aliphatic carbocycles. The molecule has 1 aliphatic heterocycles. The minimum atomic E-state index is -0.685. The molecule has 3 atom stereocenters. The standard InChI is InChI=1S/C8H12O3/c9-8(10)6-2-1-5-3-7(6)11-4-5/h5-7H,1-4H2,(H,9,10). The van der Waals surface area contributed by atoms with Gasteiger partial charge in [-0.25, -0.2) is 0 Å². The normalized spacial score (nSPS) is 42.4. The van der Waals surface area contributed by atoms with Crippen LogP contribution >= 0.6 is 0 Å². The van der Waals surface area contributed by atoms with E-state index in [2.05, 4.69) is 0 Å². The minimum absolute atomic E-state index is 0.0197. The molecule has 2 fully saturated rings. The molecule has 3 nitrogen and oxygen atoms in total. The average molecular weight is 156 g/mol.